The second-order valence-electron chi connectivity index (χ2n) is 23.2. The van der Waals surface area contributed by atoms with Gasteiger partial charge in [-0.25, -0.2) is 0 Å². The van der Waals surface area contributed by atoms with E-state index in [1.165, 1.54) is 148 Å². The van der Waals surface area contributed by atoms with Crippen LogP contribution in [0.3, 0.4) is 0 Å². The van der Waals surface area contributed by atoms with Crippen molar-refractivity contribution >= 4 is 71.2 Å². The third-order valence-corrected chi connectivity index (χ3v) is 20.2. The van der Waals surface area contributed by atoms with Crippen LogP contribution in [0.4, 0.5) is 17.1 Å². The summed E-state index contributed by atoms with van der Waals surface area (Å²) in [6, 6.07) is 86.1. The number of rotatable bonds is 5. The highest BCUT2D eigenvalue weighted by atomic mass is 15.1. The summed E-state index contributed by atoms with van der Waals surface area (Å²) in [4.78, 5) is 2.52. The molecule has 1 aliphatic heterocycles. The summed E-state index contributed by atoms with van der Waals surface area (Å²) in [5.74, 6) is 4.95. The summed E-state index contributed by atoms with van der Waals surface area (Å²) >= 11 is 0. The lowest BCUT2D eigenvalue weighted by Gasteiger charge is -2.52. The molecule has 11 aromatic carbocycles. The van der Waals surface area contributed by atoms with Gasteiger partial charge in [-0.2, -0.15) is 0 Å². The van der Waals surface area contributed by atoms with Crippen LogP contribution in [0.25, 0.3) is 82.1 Å². The molecule has 4 saturated carbocycles. The van der Waals surface area contributed by atoms with E-state index in [0.717, 1.165) is 35.3 Å². The molecule has 2 nitrogen and oxygen atoms in total. The minimum Gasteiger partial charge on any atom is -0.310 e. The van der Waals surface area contributed by atoms with E-state index in [1.54, 1.807) is 5.56 Å². The molecule has 350 valence electrons. The van der Waals surface area contributed by atoms with Crippen LogP contribution >= 0.6 is 0 Å². The van der Waals surface area contributed by atoms with E-state index in [-0.39, 0.29) is 0 Å². The predicted molar refractivity (Wildman–Crippen MR) is 306 cm³/mol. The number of aromatic nitrogens is 1. The van der Waals surface area contributed by atoms with Crippen molar-refractivity contribution in [2.24, 2.45) is 29.6 Å². The van der Waals surface area contributed by atoms with Crippen molar-refractivity contribution in [3.8, 4) is 27.9 Å². The molecule has 2 heteroatoms. The summed E-state index contributed by atoms with van der Waals surface area (Å²) in [6.45, 7) is 0. The fourth-order valence-corrected chi connectivity index (χ4v) is 17.6. The van der Waals surface area contributed by atoms with Crippen molar-refractivity contribution in [1.29, 1.82) is 0 Å². The Labute approximate surface area is 431 Å². The normalized spacial score (nSPS) is 24.2. The van der Waals surface area contributed by atoms with Gasteiger partial charge in [0, 0.05) is 27.8 Å². The van der Waals surface area contributed by atoms with Crippen LogP contribution in [0.2, 0.25) is 0 Å². The maximum atomic E-state index is 2.54. The largest absolute Gasteiger partial charge is 0.310 e. The van der Waals surface area contributed by atoms with Crippen LogP contribution in [0.1, 0.15) is 59.9 Å². The van der Waals surface area contributed by atoms with Gasteiger partial charge in [0.15, 0.2) is 0 Å². The lowest BCUT2D eigenvalue weighted by molar-refractivity contribution is 0.00350. The molecule has 12 aromatic rings. The summed E-state index contributed by atoms with van der Waals surface area (Å²) in [5.41, 5.74) is 19.3. The van der Waals surface area contributed by atoms with Gasteiger partial charge >= 0.3 is 0 Å². The monoisotopic (exact) mass is 944 g/mol. The average molecular weight is 945 g/mol. The Morgan fingerprint density at radius 2 is 0.959 bits per heavy atom. The number of nitrogens with zero attached hydrogens (tertiary/aromatic N) is 2. The van der Waals surface area contributed by atoms with Crippen molar-refractivity contribution in [3.05, 3.63) is 252 Å². The first-order valence-corrected chi connectivity index (χ1v) is 27.3. The fraction of sp³-hybridized carbons (Fsp3) is 0.167. The minimum atomic E-state index is -0.493. The van der Waals surface area contributed by atoms with Crippen LogP contribution in [-0.2, 0) is 10.8 Å². The molecular formula is C72H52N2. The van der Waals surface area contributed by atoms with Crippen molar-refractivity contribution in [3.63, 3.8) is 0 Å². The first-order valence-electron chi connectivity index (χ1n) is 27.3. The fourth-order valence-electron chi connectivity index (χ4n) is 17.6. The number of fused-ring (bicyclic) bond motifs is 19. The molecule has 2 bridgehead atoms. The molecule has 6 aliphatic rings. The molecule has 7 atom stereocenters. The maximum absolute atomic E-state index is 2.54. The summed E-state index contributed by atoms with van der Waals surface area (Å²) in [7, 11) is 0. The highest BCUT2D eigenvalue weighted by Crippen LogP contribution is 2.72. The van der Waals surface area contributed by atoms with Gasteiger partial charge < -0.3 is 9.47 Å². The van der Waals surface area contributed by atoms with Gasteiger partial charge in [0.05, 0.1) is 22.1 Å². The summed E-state index contributed by atoms with van der Waals surface area (Å²) in [6.07, 6.45) is 7.20. The zero-order valence-corrected chi connectivity index (χ0v) is 41.2. The topological polar surface area (TPSA) is 8.17 Å². The smallest absolute Gasteiger partial charge is 0.0754 e. The van der Waals surface area contributed by atoms with E-state index in [2.05, 4.69) is 234 Å². The molecule has 1 aromatic heterocycles. The number of benzene rings is 11. The van der Waals surface area contributed by atoms with Gasteiger partial charge in [-0.3, -0.25) is 0 Å². The Kier molecular flexibility index (Phi) is 7.79. The van der Waals surface area contributed by atoms with Gasteiger partial charge in [0.25, 0.3) is 0 Å². The second kappa shape index (κ2) is 14.3. The molecule has 0 saturated heterocycles. The van der Waals surface area contributed by atoms with Gasteiger partial charge in [0.1, 0.15) is 0 Å². The lowest BCUT2D eigenvalue weighted by Crippen LogP contribution is -2.45. The quantitative estimate of drug-likeness (QED) is 0.156. The first-order chi connectivity index (χ1) is 36.6. The Balaban J connectivity index is 0.807. The highest BCUT2D eigenvalue weighted by molar-refractivity contribution is 6.26. The summed E-state index contributed by atoms with van der Waals surface area (Å²) < 4.78 is 2.54. The zero-order valence-electron chi connectivity index (χ0n) is 41.2. The average Bonchev–Trinajstić information content (AvgIpc) is 4.23. The van der Waals surface area contributed by atoms with Crippen LogP contribution in [0.5, 0.6) is 0 Å². The molecule has 0 amide bonds. The van der Waals surface area contributed by atoms with Crippen molar-refractivity contribution in [1.82, 2.24) is 4.57 Å². The van der Waals surface area contributed by atoms with Crippen LogP contribution in [-0.4, -0.2) is 4.57 Å². The van der Waals surface area contributed by atoms with E-state index in [4.69, 9.17) is 0 Å². The highest BCUT2D eigenvalue weighted by Gasteiger charge is 2.65. The van der Waals surface area contributed by atoms with Gasteiger partial charge in [-0.15, -0.1) is 0 Å². The molecular weight excluding hydrogens is 893 g/mol. The molecule has 4 fully saturated rings. The van der Waals surface area contributed by atoms with E-state index in [9.17, 15) is 0 Å². The van der Waals surface area contributed by atoms with E-state index < -0.39 is 5.41 Å². The number of anilines is 3. The molecule has 5 aliphatic carbocycles. The Bertz CT molecular complexity index is 4360. The SMILES string of the molecule is c1ccc2c(c1)-c1c(-c3ccc(N(c4ccc(C56CC7C8C(C[C@H]7C5)C[C@H]8C6)cc4)c4ccc5c6ccccc6c6ccccc6c5c4)cc3)cccc1C21c2ccccc2-n2c3ccccc3c3cccc1c32. The third-order valence-electron chi connectivity index (χ3n) is 20.2. The van der Waals surface area contributed by atoms with Gasteiger partial charge in [0.2, 0.25) is 0 Å². The molecule has 0 radical (unpaired) electrons. The van der Waals surface area contributed by atoms with Crippen molar-refractivity contribution in [2.45, 2.75) is 42.9 Å². The molecule has 74 heavy (non-hydrogen) atoms. The standard InChI is InChI=1S/C72H52N2/c1-2-15-54-52(13-1)53-14-3-4-16-55(53)60-39-50(35-36-56(54)60)73(49-33-29-47(30-34-49)71-40-45-37-44-38-46(41-71)68(44)61(45)42-71)48-31-27-43(28-32-48)51-19-11-23-64-69(51)59-18-5-7-21-62(59)72(64)63-22-8-10-26-67(63)74-66-25-9-6-17-57(66)58-20-12-24-65(72)70(58)74/h1-36,39,44-46,61,68H,37-38,40-42H2/t44?,45-,46-,61?,68?,71?,72?/m0/s1. The second-order valence-corrected chi connectivity index (χ2v) is 23.2. The van der Waals surface area contributed by atoms with Crippen LogP contribution in [0, 0.1) is 29.6 Å². The van der Waals surface area contributed by atoms with Crippen LogP contribution < -0.4 is 4.90 Å². The zero-order chi connectivity index (χ0) is 48.0. The van der Waals surface area contributed by atoms with E-state index in [1.807, 2.05) is 0 Å². The number of hydrogen-bond donors (Lipinski definition) is 0. The maximum Gasteiger partial charge on any atom is 0.0754 e. The summed E-state index contributed by atoms with van der Waals surface area (Å²) in [5, 5.41) is 10.4. The number of para-hydroxylation sites is 3. The van der Waals surface area contributed by atoms with E-state index in [0.29, 0.717) is 5.41 Å². The van der Waals surface area contributed by atoms with Crippen molar-refractivity contribution < 1.29 is 0 Å². The molecule has 18 rings (SSSR count). The minimum absolute atomic E-state index is 0.355. The molecule has 2 heterocycles. The van der Waals surface area contributed by atoms with Gasteiger partial charge in [-0.05, 0) is 198 Å². The molecule has 5 unspecified atom stereocenters. The van der Waals surface area contributed by atoms with Crippen LogP contribution in [0.15, 0.2) is 224 Å². The predicted octanol–water partition coefficient (Wildman–Crippen LogP) is 18.4. The molecule has 1 spiro atoms. The van der Waals surface area contributed by atoms with Gasteiger partial charge in [-0.1, -0.05) is 176 Å². The number of hydrogen-bond acceptors (Lipinski definition) is 1. The first kappa shape index (κ1) is 40.3. The Morgan fingerprint density at radius 3 is 1.76 bits per heavy atom. The Morgan fingerprint density at radius 1 is 0.392 bits per heavy atom. The lowest BCUT2D eigenvalue weighted by atomic mass is 9.52. The van der Waals surface area contributed by atoms with E-state index >= 15 is 0 Å². The third kappa shape index (κ3) is 4.98. The van der Waals surface area contributed by atoms with Crippen molar-refractivity contribution in [2.75, 3.05) is 4.90 Å². The Hall–Kier alpha value is -8.20. The molecule has 0 N–H and O–H groups in total.